The maximum atomic E-state index is 6.21. The maximum absolute atomic E-state index is 6.21. The van der Waals surface area contributed by atoms with Crippen molar-refractivity contribution in [1.29, 1.82) is 0 Å². The van der Waals surface area contributed by atoms with Crippen molar-refractivity contribution in [2.45, 2.75) is 58.5 Å². The molecule has 1 aliphatic rings. The number of hydrogen-bond donors (Lipinski definition) is 1. The molecular formula is C19H32N2. The second-order valence-electron chi connectivity index (χ2n) is 7.29. The summed E-state index contributed by atoms with van der Waals surface area (Å²) in [5, 5.41) is 0. The van der Waals surface area contributed by atoms with Crippen LogP contribution in [0, 0.1) is 18.8 Å². The summed E-state index contributed by atoms with van der Waals surface area (Å²) in [5.74, 6) is 1.69. The van der Waals surface area contributed by atoms with E-state index in [0.29, 0.717) is 0 Å². The summed E-state index contributed by atoms with van der Waals surface area (Å²) < 4.78 is 0. The zero-order chi connectivity index (χ0) is 15.5. The van der Waals surface area contributed by atoms with Crippen molar-refractivity contribution in [2.75, 3.05) is 13.6 Å². The molecule has 1 aromatic carbocycles. The molecule has 118 valence electrons. The molecule has 1 aromatic rings. The van der Waals surface area contributed by atoms with Crippen LogP contribution in [0.5, 0.6) is 0 Å². The number of aryl methyl sites for hydroxylation is 1. The smallest absolute Gasteiger partial charge is 0.0332 e. The molecule has 1 saturated carbocycles. The molecule has 1 fully saturated rings. The van der Waals surface area contributed by atoms with Gasteiger partial charge in [0.2, 0.25) is 0 Å². The lowest BCUT2D eigenvalue weighted by Crippen LogP contribution is -2.54. The minimum atomic E-state index is 0.202. The Morgan fingerprint density at radius 1 is 1.24 bits per heavy atom. The molecule has 0 unspecified atom stereocenters. The summed E-state index contributed by atoms with van der Waals surface area (Å²) in [4.78, 5) is 2.52. The van der Waals surface area contributed by atoms with Gasteiger partial charge >= 0.3 is 0 Å². The number of nitrogens with zero attached hydrogens (tertiary/aromatic N) is 1. The molecule has 0 heterocycles. The van der Waals surface area contributed by atoms with Gasteiger partial charge in [-0.2, -0.15) is 0 Å². The lowest BCUT2D eigenvalue weighted by atomic mass is 9.72. The molecule has 2 rings (SSSR count). The fraction of sp³-hybridized carbons (Fsp3) is 0.684. The number of hydrogen-bond acceptors (Lipinski definition) is 2. The highest BCUT2D eigenvalue weighted by atomic mass is 15.2. The van der Waals surface area contributed by atoms with Crippen LogP contribution < -0.4 is 5.73 Å². The average molecular weight is 288 g/mol. The second-order valence-corrected chi connectivity index (χ2v) is 7.29. The summed E-state index contributed by atoms with van der Waals surface area (Å²) >= 11 is 0. The van der Waals surface area contributed by atoms with Crippen molar-refractivity contribution in [3.63, 3.8) is 0 Å². The lowest BCUT2D eigenvalue weighted by Gasteiger charge is -2.47. The summed E-state index contributed by atoms with van der Waals surface area (Å²) in [6.07, 6.45) is 5.14. The highest BCUT2D eigenvalue weighted by Gasteiger charge is 2.38. The standard InChI is InChI=1S/C19H32N2/c1-15(2)17-9-11-19(14-20,12-10-17)21(4)13-18-8-6-5-7-16(18)3/h5-8,15,17H,9-14,20H2,1-4H3. The third-order valence-corrected chi connectivity index (χ3v) is 5.76. The van der Waals surface area contributed by atoms with Crippen LogP contribution in [0.3, 0.4) is 0 Å². The fourth-order valence-corrected chi connectivity index (χ4v) is 3.80. The first-order chi connectivity index (χ1) is 9.98. The van der Waals surface area contributed by atoms with Crippen LogP contribution in [0.25, 0.3) is 0 Å². The van der Waals surface area contributed by atoms with Crippen LogP contribution >= 0.6 is 0 Å². The van der Waals surface area contributed by atoms with E-state index in [1.165, 1.54) is 36.8 Å². The van der Waals surface area contributed by atoms with Crippen molar-refractivity contribution >= 4 is 0 Å². The molecule has 2 N–H and O–H groups in total. The summed E-state index contributed by atoms with van der Waals surface area (Å²) in [5.41, 5.74) is 9.22. The first-order valence-corrected chi connectivity index (χ1v) is 8.44. The Balaban J connectivity index is 2.06. The Morgan fingerprint density at radius 3 is 2.38 bits per heavy atom. The Bertz CT molecular complexity index is 445. The highest BCUT2D eigenvalue weighted by Crippen LogP contribution is 2.39. The van der Waals surface area contributed by atoms with E-state index in [4.69, 9.17) is 5.73 Å². The Hall–Kier alpha value is -0.860. The van der Waals surface area contributed by atoms with Crippen LogP contribution in [-0.4, -0.2) is 24.0 Å². The van der Waals surface area contributed by atoms with E-state index < -0.39 is 0 Å². The Labute approximate surface area is 130 Å². The lowest BCUT2D eigenvalue weighted by molar-refractivity contribution is 0.0496. The third kappa shape index (κ3) is 3.67. The molecule has 0 aromatic heterocycles. The molecule has 0 saturated heterocycles. The Morgan fingerprint density at radius 2 is 1.86 bits per heavy atom. The third-order valence-electron chi connectivity index (χ3n) is 5.76. The quantitative estimate of drug-likeness (QED) is 0.888. The second kappa shape index (κ2) is 6.93. The molecular weight excluding hydrogens is 256 g/mol. The summed E-state index contributed by atoms with van der Waals surface area (Å²) in [6.45, 7) is 8.71. The first-order valence-electron chi connectivity index (χ1n) is 8.44. The summed E-state index contributed by atoms with van der Waals surface area (Å²) in [7, 11) is 2.26. The first kappa shape index (κ1) is 16.5. The van der Waals surface area contributed by atoms with E-state index in [2.05, 4.69) is 57.0 Å². The van der Waals surface area contributed by atoms with E-state index in [9.17, 15) is 0 Å². The molecule has 0 radical (unpaired) electrons. The van der Waals surface area contributed by atoms with Crippen molar-refractivity contribution in [2.24, 2.45) is 17.6 Å². The van der Waals surface area contributed by atoms with Gasteiger partial charge in [0.05, 0.1) is 0 Å². The zero-order valence-corrected chi connectivity index (χ0v) is 14.2. The van der Waals surface area contributed by atoms with Gasteiger partial charge in [0.15, 0.2) is 0 Å². The topological polar surface area (TPSA) is 29.3 Å². The van der Waals surface area contributed by atoms with Crippen molar-refractivity contribution in [3.05, 3.63) is 35.4 Å². The Kier molecular flexibility index (Phi) is 5.45. The molecule has 0 spiro atoms. The van der Waals surface area contributed by atoms with E-state index in [1.807, 2.05) is 0 Å². The SMILES string of the molecule is Cc1ccccc1CN(C)C1(CN)CCC(C(C)C)CC1. The normalized spacial score (nSPS) is 26.5. The van der Waals surface area contributed by atoms with Crippen molar-refractivity contribution in [3.8, 4) is 0 Å². The molecule has 2 heteroatoms. The van der Waals surface area contributed by atoms with Gasteiger partial charge in [-0.05, 0) is 62.6 Å². The predicted molar refractivity (Wildman–Crippen MR) is 91.2 cm³/mol. The molecule has 0 atom stereocenters. The molecule has 0 aliphatic heterocycles. The van der Waals surface area contributed by atoms with Crippen molar-refractivity contribution in [1.82, 2.24) is 4.90 Å². The number of rotatable bonds is 5. The molecule has 1 aliphatic carbocycles. The van der Waals surface area contributed by atoms with Gasteiger partial charge in [-0.1, -0.05) is 38.1 Å². The van der Waals surface area contributed by atoms with Crippen LogP contribution in [0.4, 0.5) is 0 Å². The number of nitrogens with two attached hydrogens (primary N) is 1. The van der Waals surface area contributed by atoms with Crippen LogP contribution in [-0.2, 0) is 6.54 Å². The molecule has 21 heavy (non-hydrogen) atoms. The van der Waals surface area contributed by atoms with E-state index >= 15 is 0 Å². The maximum Gasteiger partial charge on any atom is 0.0332 e. The van der Waals surface area contributed by atoms with Gasteiger partial charge in [0.1, 0.15) is 0 Å². The molecule has 2 nitrogen and oxygen atoms in total. The molecule has 0 bridgehead atoms. The number of likely N-dealkylation sites (N-methyl/N-ethyl adjacent to an activating group) is 1. The zero-order valence-electron chi connectivity index (χ0n) is 14.2. The minimum Gasteiger partial charge on any atom is -0.329 e. The highest BCUT2D eigenvalue weighted by molar-refractivity contribution is 5.25. The van der Waals surface area contributed by atoms with Crippen LogP contribution in [0.15, 0.2) is 24.3 Å². The minimum absolute atomic E-state index is 0.202. The van der Waals surface area contributed by atoms with Crippen LogP contribution in [0.1, 0.15) is 50.7 Å². The summed E-state index contributed by atoms with van der Waals surface area (Å²) in [6, 6.07) is 8.70. The molecule has 0 amide bonds. The van der Waals surface area contributed by atoms with E-state index in [1.54, 1.807) is 0 Å². The van der Waals surface area contributed by atoms with Gasteiger partial charge in [-0.25, -0.2) is 0 Å². The predicted octanol–water partition coefficient (Wildman–Crippen LogP) is 3.97. The van der Waals surface area contributed by atoms with Crippen LogP contribution in [0.2, 0.25) is 0 Å². The van der Waals surface area contributed by atoms with Crippen molar-refractivity contribution < 1.29 is 0 Å². The largest absolute Gasteiger partial charge is 0.329 e. The van der Waals surface area contributed by atoms with Gasteiger partial charge in [-0.15, -0.1) is 0 Å². The average Bonchev–Trinajstić information content (AvgIpc) is 2.49. The van der Waals surface area contributed by atoms with Gasteiger partial charge < -0.3 is 5.73 Å². The van der Waals surface area contributed by atoms with Gasteiger partial charge in [0.25, 0.3) is 0 Å². The fourth-order valence-electron chi connectivity index (χ4n) is 3.80. The number of benzene rings is 1. The van der Waals surface area contributed by atoms with Gasteiger partial charge in [-0.3, -0.25) is 4.90 Å². The van der Waals surface area contributed by atoms with Gasteiger partial charge in [0, 0.05) is 18.6 Å². The monoisotopic (exact) mass is 288 g/mol. The van der Waals surface area contributed by atoms with E-state index in [0.717, 1.165) is 24.9 Å². The van der Waals surface area contributed by atoms with E-state index in [-0.39, 0.29) is 5.54 Å².